The molecule has 3 heterocycles. The summed E-state index contributed by atoms with van der Waals surface area (Å²) in [6, 6.07) is 15.3. The van der Waals surface area contributed by atoms with Gasteiger partial charge in [0.15, 0.2) is 5.03 Å². The predicted octanol–water partition coefficient (Wildman–Crippen LogP) is 1.99. The lowest BCUT2D eigenvalue weighted by Crippen LogP contribution is -2.49. The largest absolute Gasteiger partial charge is 0.495 e. The molecule has 34 heavy (non-hydrogen) atoms. The van der Waals surface area contributed by atoms with Gasteiger partial charge >= 0.3 is 0 Å². The number of para-hydroxylation sites is 3. The number of piperazine rings is 1. The van der Waals surface area contributed by atoms with Crippen LogP contribution in [-0.4, -0.2) is 68.6 Å². The second kappa shape index (κ2) is 9.02. The van der Waals surface area contributed by atoms with Crippen molar-refractivity contribution in [2.75, 3.05) is 49.0 Å². The van der Waals surface area contributed by atoms with Crippen LogP contribution < -0.4 is 13.9 Å². The summed E-state index contributed by atoms with van der Waals surface area (Å²) in [5.74, 6) is 0.752. The van der Waals surface area contributed by atoms with E-state index in [9.17, 15) is 13.2 Å². The Kier molecular flexibility index (Phi) is 5.91. The van der Waals surface area contributed by atoms with Gasteiger partial charge in [-0.05, 0) is 30.2 Å². The number of anilines is 2. The molecule has 0 saturated carbocycles. The third-order valence-corrected chi connectivity index (χ3v) is 8.08. The smallest absolute Gasteiger partial charge is 0.283 e. The molecule has 0 atom stereocenters. The molecule has 0 spiro atoms. The van der Waals surface area contributed by atoms with Crippen LogP contribution in [0.5, 0.6) is 5.75 Å². The summed E-state index contributed by atoms with van der Waals surface area (Å²) in [5, 5.41) is -0.0435. The second-order valence-electron chi connectivity index (χ2n) is 8.38. The Morgan fingerprint density at radius 1 is 0.971 bits per heavy atom. The first-order valence-corrected chi connectivity index (χ1v) is 12.7. The summed E-state index contributed by atoms with van der Waals surface area (Å²) in [6.45, 7) is 3.01. The van der Waals surface area contributed by atoms with Gasteiger partial charge in [-0.15, -0.1) is 0 Å². The first-order valence-electron chi connectivity index (χ1n) is 11.3. The normalized spacial score (nSPS) is 16.0. The van der Waals surface area contributed by atoms with E-state index in [1.807, 2.05) is 48.5 Å². The molecule has 0 aliphatic carbocycles. The predicted molar refractivity (Wildman–Crippen MR) is 129 cm³/mol. The van der Waals surface area contributed by atoms with E-state index >= 15 is 0 Å². The molecule has 10 heteroatoms. The van der Waals surface area contributed by atoms with E-state index < -0.39 is 10.0 Å². The lowest BCUT2D eigenvalue weighted by Gasteiger charge is -2.36. The highest BCUT2D eigenvalue weighted by atomic mass is 32.2. The average Bonchev–Trinajstić information content (AvgIpc) is 3.52. The molecule has 3 aromatic rings. The highest BCUT2D eigenvalue weighted by Crippen LogP contribution is 2.32. The van der Waals surface area contributed by atoms with Crippen LogP contribution in [0, 0.1) is 0 Å². The van der Waals surface area contributed by atoms with E-state index in [0.29, 0.717) is 44.8 Å². The van der Waals surface area contributed by atoms with Crippen LogP contribution in [0.3, 0.4) is 0 Å². The molecule has 1 saturated heterocycles. The maximum absolute atomic E-state index is 13.2. The highest BCUT2D eigenvalue weighted by Gasteiger charge is 2.32. The highest BCUT2D eigenvalue weighted by molar-refractivity contribution is 7.92. The fraction of sp³-hybridized carbons (Fsp3) is 0.333. The van der Waals surface area contributed by atoms with Crippen LogP contribution in [-0.2, 0) is 27.8 Å². The van der Waals surface area contributed by atoms with Crippen molar-refractivity contribution >= 4 is 27.3 Å². The number of aromatic nitrogens is 2. The van der Waals surface area contributed by atoms with E-state index in [1.165, 1.54) is 16.8 Å². The molecule has 2 aliphatic heterocycles. The number of hydrogen-bond donors (Lipinski definition) is 0. The Labute approximate surface area is 199 Å². The van der Waals surface area contributed by atoms with Crippen molar-refractivity contribution in [3.63, 3.8) is 0 Å². The van der Waals surface area contributed by atoms with Crippen molar-refractivity contribution in [1.82, 2.24) is 14.5 Å². The number of ether oxygens (including phenoxy) is 1. The van der Waals surface area contributed by atoms with Crippen LogP contribution >= 0.6 is 0 Å². The van der Waals surface area contributed by atoms with Crippen molar-refractivity contribution in [3.8, 4) is 5.75 Å². The number of benzene rings is 2. The van der Waals surface area contributed by atoms with Gasteiger partial charge in [0.25, 0.3) is 10.0 Å². The zero-order chi connectivity index (χ0) is 23.7. The maximum Gasteiger partial charge on any atom is 0.283 e. The van der Waals surface area contributed by atoms with Gasteiger partial charge in [-0.25, -0.2) is 4.98 Å². The summed E-state index contributed by atoms with van der Waals surface area (Å²) in [5.41, 5.74) is 2.72. The minimum Gasteiger partial charge on any atom is -0.495 e. The standard InChI is InChI=1S/C24H27N5O4S/c1-33-22-9-5-4-8-21(22)27-12-14-28(15-13-27)24(30)17-26-16-23(25-18-26)34(31,32)29-11-10-19-6-2-3-7-20(19)29/h2-9,16,18H,10-15,17H2,1H3. The van der Waals surface area contributed by atoms with Gasteiger partial charge in [-0.1, -0.05) is 30.3 Å². The molecule has 2 aliphatic rings. The summed E-state index contributed by atoms with van der Waals surface area (Å²) >= 11 is 0. The third kappa shape index (κ3) is 4.09. The number of methoxy groups -OCH3 is 1. The minimum absolute atomic E-state index is 0.0435. The number of carbonyl (C=O) groups excluding carboxylic acids is 1. The number of hydrogen-bond acceptors (Lipinski definition) is 6. The molecular weight excluding hydrogens is 454 g/mol. The van der Waals surface area contributed by atoms with Crippen molar-refractivity contribution in [2.24, 2.45) is 0 Å². The molecular formula is C24H27N5O4S. The van der Waals surface area contributed by atoms with E-state index in [1.54, 1.807) is 16.6 Å². The molecule has 1 fully saturated rings. The van der Waals surface area contributed by atoms with Crippen LogP contribution in [0.25, 0.3) is 0 Å². The van der Waals surface area contributed by atoms with Crippen molar-refractivity contribution in [1.29, 1.82) is 0 Å². The summed E-state index contributed by atoms with van der Waals surface area (Å²) in [6.07, 6.45) is 3.53. The molecule has 1 aromatic heterocycles. The monoisotopic (exact) mass is 481 g/mol. The Morgan fingerprint density at radius 2 is 1.68 bits per heavy atom. The molecule has 2 aromatic carbocycles. The van der Waals surface area contributed by atoms with Crippen molar-refractivity contribution in [2.45, 2.75) is 18.0 Å². The van der Waals surface area contributed by atoms with Crippen LogP contribution in [0.2, 0.25) is 0 Å². The Bertz CT molecular complexity index is 1300. The van der Waals surface area contributed by atoms with Crippen LogP contribution in [0.1, 0.15) is 5.56 Å². The zero-order valence-corrected chi connectivity index (χ0v) is 19.8. The Hall–Kier alpha value is -3.53. The number of amides is 1. The number of sulfonamides is 1. The molecule has 1 amide bonds. The first kappa shape index (κ1) is 22.3. The molecule has 0 bridgehead atoms. The van der Waals surface area contributed by atoms with E-state index in [2.05, 4.69) is 9.88 Å². The van der Waals surface area contributed by atoms with Gasteiger partial charge < -0.3 is 19.1 Å². The molecule has 178 valence electrons. The topological polar surface area (TPSA) is 88.0 Å². The number of imidazole rings is 1. The van der Waals surface area contributed by atoms with E-state index in [-0.39, 0.29) is 17.5 Å². The summed E-state index contributed by atoms with van der Waals surface area (Å²) in [7, 11) is -2.13. The third-order valence-electron chi connectivity index (χ3n) is 6.38. The molecule has 9 nitrogen and oxygen atoms in total. The number of rotatable bonds is 6. The lowest BCUT2D eigenvalue weighted by molar-refractivity contribution is -0.132. The lowest BCUT2D eigenvalue weighted by atomic mass is 10.2. The van der Waals surface area contributed by atoms with Crippen LogP contribution in [0.15, 0.2) is 66.1 Å². The summed E-state index contributed by atoms with van der Waals surface area (Å²) < 4.78 is 34.7. The zero-order valence-electron chi connectivity index (χ0n) is 19.0. The summed E-state index contributed by atoms with van der Waals surface area (Å²) in [4.78, 5) is 21.0. The average molecular weight is 482 g/mol. The van der Waals surface area contributed by atoms with E-state index in [0.717, 1.165) is 17.0 Å². The SMILES string of the molecule is COc1ccccc1N1CCN(C(=O)Cn2cnc(S(=O)(=O)N3CCc4ccccc43)c2)CC1. The van der Waals surface area contributed by atoms with Crippen molar-refractivity contribution in [3.05, 3.63) is 66.6 Å². The Balaban J connectivity index is 1.22. The molecule has 5 rings (SSSR count). The van der Waals surface area contributed by atoms with Crippen LogP contribution in [0.4, 0.5) is 11.4 Å². The minimum atomic E-state index is -3.78. The van der Waals surface area contributed by atoms with Gasteiger partial charge in [-0.2, -0.15) is 8.42 Å². The van der Waals surface area contributed by atoms with Gasteiger partial charge in [0.1, 0.15) is 12.3 Å². The quantitative estimate of drug-likeness (QED) is 0.535. The van der Waals surface area contributed by atoms with E-state index in [4.69, 9.17) is 4.74 Å². The fourth-order valence-electron chi connectivity index (χ4n) is 4.57. The van der Waals surface area contributed by atoms with Gasteiger partial charge in [0.2, 0.25) is 5.91 Å². The van der Waals surface area contributed by atoms with Gasteiger partial charge in [-0.3, -0.25) is 9.10 Å². The van der Waals surface area contributed by atoms with Crippen molar-refractivity contribution < 1.29 is 17.9 Å². The van der Waals surface area contributed by atoms with Gasteiger partial charge in [0, 0.05) is 38.9 Å². The van der Waals surface area contributed by atoms with Gasteiger partial charge in [0.05, 0.1) is 24.8 Å². The fourth-order valence-corrected chi connectivity index (χ4v) is 6.02. The number of fused-ring (bicyclic) bond motifs is 1. The molecule has 0 unspecified atom stereocenters. The maximum atomic E-state index is 13.2. The number of nitrogens with zero attached hydrogens (tertiary/aromatic N) is 5. The molecule has 0 N–H and O–H groups in total. The second-order valence-corrected chi connectivity index (χ2v) is 10.2. The Morgan fingerprint density at radius 3 is 2.44 bits per heavy atom. The first-order chi connectivity index (χ1) is 16.5. The molecule has 0 radical (unpaired) electrons. The number of carbonyl (C=O) groups is 1.